The average Bonchev–Trinajstić information content (AvgIpc) is 3.94. The molecule has 0 bridgehead atoms. The van der Waals surface area contributed by atoms with Gasteiger partial charge in [0.05, 0.1) is 22.1 Å². The quantitative estimate of drug-likeness (QED) is 0.142. The molecular weight excluding hydrogens is 904 g/mol. The molecule has 0 atom stereocenters. The maximum Gasteiger partial charge on any atom is 0.260 e. The van der Waals surface area contributed by atoms with Crippen molar-refractivity contribution in [2.75, 3.05) is 9.80 Å². The third-order valence-electron chi connectivity index (χ3n) is 15.0. The number of para-hydroxylation sites is 6. The number of anilines is 6. The third-order valence-corrected chi connectivity index (χ3v) is 15.0. The van der Waals surface area contributed by atoms with Gasteiger partial charge in [0.15, 0.2) is 0 Å². The molecule has 15 rings (SSSR count). The van der Waals surface area contributed by atoms with E-state index >= 15 is 0 Å². The van der Waals surface area contributed by atoms with Crippen LogP contribution in [0.3, 0.4) is 0 Å². The Kier molecular flexibility index (Phi) is 9.47. The lowest BCUT2D eigenvalue weighted by molar-refractivity contribution is 0.464. The maximum absolute atomic E-state index is 7.10. The van der Waals surface area contributed by atoms with Gasteiger partial charge in [-0.15, -0.1) is 0 Å². The molecule has 4 heterocycles. The highest BCUT2D eigenvalue weighted by Gasteiger charge is 2.42. The first kappa shape index (κ1) is 42.0. The highest BCUT2D eigenvalue weighted by molar-refractivity contribution is 6.98. The van der Waals surface area contributed by atoms with E-state index in [4.69, 9.17) is 9.47 Å². The van der Waals surface area contributed by atoms with Gasteiger partial charge in [0.25, 0.3) is 6.71 Å². The fourth-order valence-corrected chi connectivity index (χ4v) is 11.8. The normalized spacial score (nSPS) is 12.3. The van der Waals surface area contributed by atoms with E-state index in [1.54, 1.807) is 0 Å². The molecule has 0 N–H and O–H groups in total. The van der Waals surface area contributed by atoms with Gasteiger partial charge in [-0.3, -0.25) is 0 Å². The summed E-state index contributed by atoms with van der Waals surface area (Å²) in [6.45, 7) is 1.94. The molecule has 6 nitrogen and oxygen atoms in total. The average molecular weight is 949 g/mol. The van der Waals surface area contributed by atoms with E-state index in [2.05, 4.69) is 281 Å². The van der Waals surface area contributed by atoms with E-state index in [9.17, 15) is 0 Å². The number of aryl methyl sites for hydroxylation is 1. The summed E-state index contributed by atoms with van der Waals surface area (Å²) in [4.78, 5) is 4.66. The summed E-state index contributed by atoms with van der Waals surface area (Å²) in [6, 6.07) is 91.4. The lowest BCUT2D eigenvalue weighted by Crippen LogP contribution is -2.57. The summed E-state index contributed by atoms with van der Waals surface area (Å²) in [7, 11) is 0. The van der Waals surface area contributed by atoms with Gasteiger partial charge in [0, 0.05) is 72.5 Å². The molecule has 11 aromatic carbocycles. The van der Waals surface area contributed by atoms with E-state index in [1.165, 1.54) is 0 Å². The number of benzene rings is 11. The Morgan fingerprint density at radius 3 is 1.01 bits per heavy atom. The Bertz CT molecular complexity index is 3960. The number of hydrogen-bond donors (Lipinski definition) is 0. The number of aromatic nitrogens is 2. The maximum atomic E-state index is 7.10. The van der Waals surface area contributed by atoms with Crippen molar-refractivity contribution in [3.05, 3.63) is 260 Å². The van der Waals surface area contributed by atoms with Crippen molar-refractivity contribution in [2.45, 2.75) is 6.92 Å². The Balaban J connectivity index is 0.968. The molecule has 2 aromatic heterocycles. The summed E-state index contributed by atoms with van der Waals surface area (Å²) in [5.74, 6) is 3.35. The van der Waals surface area contributed by atoms with Gasteiger partial charge >= 0.3 is 0 Å². The Morgan fingerprint density at radius 1 is 0.311 bits per heavy atom. The van der Waals surface area contributed by atoms with E-state index in [0.717, 1.165) is 134 Å². The van der Waals surface area contributed by atoms with Crippen LogP contribution < -0.4 is 35.7 Å². The molecule has 2 aliphatic rings. The van der Waals surface area contributed by atoms with Crippen molar-refractivity contribution < 1.29 is 9.47 Å². The summed E-state index contributed by atoms with van der Waals surface area (Å²) >= 11 is 0. The number of rotatable bonds is 8. The molecule has 348 valence electrons. The van der Waals surface area contributed by atoms with Crippen molar-refractivity contribution in [3.63, 3.8) is 0 Å². The second-order valence-electron chi connectivity index (χ2n) is 19.4. The number of fused-ring (bicyclic) bond motifs is 10. The first-order valence-electron chi connectivity index (χ1n) is 25.3. The van der Waals surface area contributed by atoms with E-state index in [0.29, 0.717) is 0 Å². The van der Waals surface area contributed by atoms with Gasteiger partial charge < -0.3 is 28.4 Å². The van der Waals surface area contributed by atoms with Crippen LogP contribution in [0.2, 0.25) is 0 Å². The second-order valence-corrected chi connectivity index (χ2v) is 19.4. The van der Waals surface area contributed by atoms with Gasteiger partial charge in [-0.2, -0.15) is 0 Å². The molecule has 0 spiro atoms. The molecule has 7 heteroatoms. The van der Waals surface area contributed by atoms with Crippen LogP contribution in [-0.4, -0.2) is 15.8 Å². The third kappa shape index (κ3) is 6.60. The minimum absolute atomic E-state index is 0.184. The predicted octanol–water partition coefficient (Wildman–Crippen LogP) is 15.9. The highest BCUT2D eigenvalue weighted by atomic mass is 16.5. The smallest absolute Gasteiger partial charge is 0.260 e. The van der Waals surface area contributed by atoms with Crippen LogP contribution in [0.4, 0.5) is 34.1 Å². The molecule has 0 unspecified atom stereocenters. The standard InChI is InChI=1S/C67H45BN4O2/c1-44-36-65-67-66(37-44)74-64-41-56-54-35-33-52(70(47-24-12-4-13-25-47)48-26-14-5-15-27-48)39-60(54)72(50-30-18-7-19-31-50)62(56)43-58(64)68(67)57-42-61-55(40-63(57)73-65)53-34-32-51(38-59(53)71(61)49-28-16-6-17-29-49)69(45-20-8-2-9-21-45)46-22-10-3-11-23-46/h2-43H,1H3. The number of nitrogens with zero attached hydrogens (tertiary/aromatic N) is 4. The predicted molar refractivity (Wildman–Crippen MR) is 307 cm³/mol. The first-order valence-corrected chi connectivity index (χ1v) is 25.3. The van der Waals surface area contributed by atoms with Crippen LogP contribution in [0.15, 0.2) is 255 Å². The van der Waals surface area contributed by atoms with Crippen molar-refractivity contribution in [1.82, 2.24) is 9.13 Å². The minimum Gasteiger partial charge on any atom is -0.458 e. The number of hydrogen-bond acceptors (Lipinski definition) is 4. The van der Waals surface area contributed by atoms with Gasteiger partial charge in [-0.1, -0.05) is 121 Å². The minimum atomic E-state index is -0.184. The van der Waals surface area contributed by atoms with Gasteiger partial charge in [0.2, 0.25) is 0 Å². The molecule has 74 heavy (non-hydrogen) atoms. The Labute approximate surface area is 428 Å². The highest BCUT2D eigenvalue weighted by Crippen LogP contribution is 2.45. The van der Waals surface area contributed by atoms with E-state index in [1.807, 2.05) is 0 Å². The van der Waals surface area contributed by atoms with Gasteiger partial charge in [-0.25, -0.2) is 0 Å². The molecule has 13 aromatic rings. The monoisotopic (exact) mass is 948 g/mol. The molecule has 0 fully saturated rings. The Hall–Kier alpha value is -9.72. The molecule has 0 saturated carbocycles. The van der Waals surface area contributed by atoms with Crippen LogP contribution in [0.5, 0.6) is 23.0 Å². The van der Waals surface area contributed by atoms with Crippen LogP contribution >= 0.6 is 0 Å². The molecule has 0 radical (unpaired) electrons. The van der Waals surface area contributed by atoms with Crippen molar-refractivity contribution in [2.24, 2.45) is 0 Å². The van der Waals surface area contributed by atoms with Crippen molar-refractivity contribution >= 4 is 101 Å². The molecule has 0 aliphatic carbocycles. The first-order chi connectivity index (χ1) is 36.6. The summed E-state index contributed by atoms with van der Waals surface area (Å²) < 4.78 is 19.1. The Morgan fingerprint density at radius 2 is 0.649 bits per heavy atom. The van der Waals surface area contributed by atoms with E-state index < -0.39 is 0 Å². The van der Waals surface area contributed by atoms with Crippen LogP contribution in [0.1, 0.15) is 5.56 Å². The lowest BCUT2D eigenvalue weighted by atomic mass is 9.34. The van der Waals surface area contributed by atoms with Crippen LogP contribution in [-0.2, 0) is 0 Å². The molecule has 0 amide bonds. The zero-order chi connectivity index (χ0) is 48.9. The molecule has 0 saturated heterocycles. The van der Waals surface area contributed by atoms with Gasteiger partial charge in [-0.05, 0) is 157 Å². The van der Waals surface area contributed by atoms with Crippen LogP contribution in [0.25, 0.3) is 55.0 Å². The fraction of sp³-hybridized carbons (Fsp3) is 0.0149. The summed E-state index contributed by atoms with van der Waals surface area (Å²) in [5.41, 5.74) is 17.4. The summed E-state index contributed by atoms with van der Waals surface area (Å²) in [5, 5.41) is 4.54. The van der Waals surface area contributed by atoms with Crippen LogP contribution in [0, 0.1) is 6.92 Å². The lowest BCUT2D eigenvalue weighted by Gasteiger charge is -2.33. The molecular formula is C67H45BN4O2. The fourth-order valence-electron chi connectivity index (χ4n) is 11.8. The van der Waals surface area contributed by atoms with Crippen molar-refractivity contribution in [1.29, 1.82) is 0 Å². The number of ether oxygens (including phenoxy) is 2. The topological polar surface area (TPSA) is 34.8 Å². The van der Waals surface area contributed by atoms with E-state index in [-0.39, 0.29) is 6.71 Å². The zero-order valence-electron chi connectivity index (χ0n) is 40.4. The SMILES string of the molecule is Cc1cc2c3c(c1)Oc1cc4c5ccc(N(c6ccccc6)c6ccccc6)cc5n(-c5ccccc5)c4cc1B3c1cc3c(cc1O2)c1ccc(N(c2ccccc2)c2ccccc2)cc1n3-c1ccccc1. The van der Waals surface area contributed by atoms with Gasteiger partial charge in [0.1, 0.15) is 23.0 Å². The zero-order valence-corrected chi connectivity index (χ0v) is 40.4. The summed E-state index contributed by atoms with van der Waals surface area (Å²) in [6.07, 6.45) is 0. The van der Waals surface area contributed by atoms with Crippen molar-refractivity contribution in [3.8, 4) is 34.4 Å². The second kappa shape index (κ2) is 16.7. The largest absolute Gasteiger partial charge is 0.458 e. The molecule has 2 aliphatic heterocycles.